The Morgan fingerprint density at radius 2 is 1.50 bits per heavy atom. The molecule has 1 aromatic rings. The summed E-state index contributed by atoms with van der Waals surface area (Å²) in [7, 11) is 0. The molecule has 3 heteroatoms. The Hall–Kier alpha value is -1.38. The van der Waals surface area contributed by atoms with Crippen molar-refractivity contribution in [1.82, 2.24) is 0 Å². The standard InChI is InChI=1S/C29H42F2O/c1-3-17-32-27-16-15-26(28(30)29(27)31)25-14-13-23-18-22(11-12-24(23)19-25)10-9-21-7-5-20(4-2)6-8-21/h3,15-16,20-25H,1,4-14,17-19H2,2H3. The Bertz CT molecular complexity index is 752. The summed E-state index contributed by atoms with van der Waals surface area (Å²) in [6, 6.07) is 3.34. The maximum atomic E-state index is 14.8. The van der Waals surface area contributed by atoms with E-state index in [2.05, 4.69) is 13.5 Å². The van der Waals surface area contributed by atoms with Crippen LogP contribution in [0.5, 0.6) is 5.75 Å². The maximum absolute atomic E-state index is 14.8. The van der Waals surface area contributed by atoms with Crippen molar-refractivity contribution in [3.8, 4) is 5.75 Å². The van der Waals surface area contributed by atoms with Gasteiger partial charge in [0.2, 0.25) is 5.82 Å². The fraction of sp³-hybridized carbons (Fsp3) is 0.724. The van der Waals surface area contributed by atoms with Gasteiger partial charge in [-0.3, -0.25) is 0 Å². The molecule has 0 aromatic heterocycles. The number of hydrogen-bond acceptors (Lipinski definition) is 1. The molecular formula is C29H42F2O. The van der Waals surface area contributed by atoms with E-state index in [1.165, 1.54) is 70.6 Å². The molecule has 0 amide bonds. The van der Waals surface area contributed by atoms with Gasteiger partial charge >= 0.3 is 0 Å². The van der Waals surface area contributed by atoms with Gasteiger partial charge in [0.15, 0.2) is 11.6 Å². The van der Waals surface area contributed by atoms with E-state index >= 15 is 0 Å². The minimum absolute atomic E-state index is 0.0106. The van der Waals surface area contributed by atoms with Crippen LogP contribution >= 0.6 is 0 Å². The van der Waals surface area contributed by atoms with Gasteiger partial charge in [0.05, 0.1) is 0 Å². The molecule has 3 saturated carbocycles. The van der Waals surface area contributed by atoms with Gasteiger partial charge in [-0.2, -0.15) is 4.39 Å². The molecule has 1 aromatic carbocycles. The first-order chi connectivity index (χ1) is 15.6. The second-order valence-electron chi connectivity index (χ2n) is 11.0. The number of ether oxygens (including phenoxy) is 1. The summed E-state index contributed by atoms with van der Waals surface area (Å²) >= 11 is 0. The van der Waals surface area contributed by atoms with E-state index in [-0.39, 0.29) is 18.3 Å². The summed E-state index contributed by atoms with van der Waals surface area (Å²) in [6.07, 6.45) is 18.7. The highest BCUT2D eigenvalue weighted by molar-refractivity contribution is 5.33. The van der Waals surface area contributed by atoms with Gasteiger partial charge in [0.25, 0.3) is 0 Å². The topological polar surface area (TPSA) is 9.23 Å². The number of benzene rings is 1. The Morgan fingerprint density at radius 1 is 0.844 bits per heavy atom. The largest absolute Gasteiger partial charge is 0.486 e. The Morgan fingerprint density at radius 3 is 2.25 bits per heavy atom. The van der Waals surface area contributed by atoms with E-state index in [4.69, 9.17) is 4.74 Å². The van der Waals surface area contributed by atoms with Gasteiger partial charge in [-0.25, -0.2) is 4.39 Å². The zero-order chi connectivity index (χ0) is 22.5. The summed E-state index contributed by atoms with van der Waals surface area (Å²) in [4.78, 5) is 0. The van der Waals surface area contributed by atoms with Crippen molar-refractivity contribution in [2.75, 3.05) is 6.61 Å². The Kier molecular flexibility index (Phi) is 8.29. The van der Waals surface area contributed by atoms with Gasteiger partial charge < -0.3 is 4.74 Å². The van der Waals surface area contributed by atoms with Crippen LogP contribution in [0.3, 0.4) is 0 Å². The van der Waals surface area contributed by atoms with E-state index in [1.807, 2.05) is 0 Å². The lowest BCUT2D eigenvalue weighted by Gasteiger charge is -2.43. The average molecular weight is 445 g/mol. The van der Waals surface area contributed by atoms with Crippen LogP contribution in [-0.2, 0) is 0 Å². The number of rotatable bonds is 8. The number of halogens is 2. The molecule has 3 aliphatic carbocycles. The molecule has 0 spiro atoms. The van der Waals surface area contributed by atoms with Crippen molar-refractivity contribution in [1.29, 1.82) is 0 Å². The van der Waals surface area contributed by atoms with Crippen molar-refractivity contribution in [2.24, 2.45) is 29.6 Å². The van der Waals surface area contributed by atoms with Gasteiger partial charge in [0.1, 0.15) is 6.61 Å². The summed E-state index contributed by atoms with van der Waals surface area (Å²) < 4.78 is 34.5. The molecule has 0 radical (unpaired) electrons. The molecule has 0 N–H and O–H groups in total. The Balaban J connectivity index is 1.27. The van der Waals surface area contributed by atoms with Crippen LogP contribution in [-0.4, -0.2) is 6.61 Å². The third-order valence-corrected chi connectivity index (χ3v) is 9.12. The van der Waals surface area contributed by atoms with Crippen LogP contribution in [0.4, 0.5) is 8.78 Å². The fourth-order valence-electron chi connectivity index (χ4n) is 7.05. The van der Waals surface area contributed by atoms with E-state index in [1.54, 1.807) is 18.2 Å². The second kappa shape index (κ2) is 11.2. The zero-order valence-electron chi connectivity index (χ0n) is 20.0. The lowest BCUT2D eigenvalue weighted by atomic mass is 9.63. The monoisotopic (exact) mass is 444 g/mol. The van der Waals surface area contributed by atoms with E-state index < -0.39 is 11.6 Å². The zero-order valence-corrected chi connectivity index (χ0v) is 20.0. The quantitative estimate of drug-likeness (QED) is 0.364. The third-order valence-electron chi connectivity index (χ3n) is 9.12. The van der Waals surface area contributed by atoms with E-state index in [9.17, 15) is 8.78 Å². The third kappa shape index (κ3) is 5.57. The lowest BCUT2D eigenvalue weighted by Crippen LogP contribution is -2.31. The van der Waals surface area contributed by atoms with Gasteiger partial charge in [-0.15, -0.1) is 0 Å². The Labute approximate surface area is 194 Å². The predicted octanol–water partition coefficient (Wildman–Crippen LogP) is 8.83. The molecule has 4 rings (SSSR count). The molecule has 4 unspecified atom stereocenters. The molecular weight excluding hydrogens is 402 g/mol. The SMILES string of the molecule is C=CCOc1ccc(C2CCC3CC(CCC4CCC(CC)CC4)CCC3C2)c(F)c1F. The molecule has 178 valence electrons. The molecule has 0 heterocycles. The molecule has 0 saturated heterocycles. The van der Waals surface area contributed by atoms with Crippen molar-refractivity contribution < 1.29 is 13.5 Å². The molecule has 0 aliphatic heterocycles. The number of fused-ring (bicyclic) bond motifs is 1. The maximum Gasteiger partial charge on any atom is 0.200 e. The minimum Gasteiger partial charge on any atom is -0.486 e. The molecule has 3 aliphatic rings. The van der Waals surface area contributed by atoms with Crippen LogP contribution < -0.4 is 4.74 Å². The van der Waals surface area contributed by atoms with E-state index in [0.29, 0.717) is 11.5 Å². The molecule has 0 bridgehead atoms. The summed E-state index contributed by atoms with van der Waals surface area (Å²) in [5.41, 5.74) is 0.553. The average Bonchev–Trinajstić information content (AvgIpc) is 2.83. The summed E-state index contributed by atoms with van der Waals surface area (Å²) in [5, 5.41) is 0. The molecule has 1 nitrogen and oxygen atoms in total. The first kappa shape index (κ1) is 23.8. The van der Waals surface area contributed by atoms with Crippen molar-refractivity contribution >= 4 is 0 Å². The summed E-state index contributed by atoms with van der Waals surface area (Å²) in [5.74, 6) is 2.92. The van der Waals surface area contributed by atoms with Crippen LogP contribution in [0, 0.1) is 41.2 Å². The van der Waals surface area contributed by atoms with Crippen molar-refractivity contribution in [2.45, 2.75) is 96.3 Å². The molecule has 4 atom stereocenters. The predicted molar refractivity (Wildman–Crippen MR) is 128 cm³/mol. The van der Waals surface area contributed by atoms with Crippen LogP contribution in [0.15, 0.2) is 24.8 Å². The highest BCUT2D eigenvalue weighted by Gasteiger charge is 2.37. The lowest BCUT2D eigenvalue weighted by molar-refractivity contribution is 0.108. The van der Waals surface area contributed by atoms with Gasteiger partial charge in [-0.1, -0.05) is 77.0 Å². The van der Waals surface area contributed by atoms with Crippen LogP contribution in [0.2, 0.25) is 0 Å². The molecule has 32 heavy (non-hydrogen) atoms. The number of hydrogen-bond donors (Lipinski definition) is 0. The normalized spacial score (nSPS) is 32.8. The van der Waals surface area contributed by atoms with E-state index in [0.717, 1.165) is 36.5 Å². The highest BCUT2D eigenvalue weighted by Crippen LogP contribution is 2.49. The highest BCUT2D eigenvalue weighted by atomic mass is 19.2. The fourth-order valence-corrected chi connectivity index (χ4v) is 7.05. The second-order valence-corrected chi connectivity index (χ2v) is 11.0. The van der Waals surface area contributed by atoms with Crippen LogP contribution in [0.25, 0.3) is 0 Å². The van der Waals surface area contributed by atoms with Gasteiger partial charge in [0, 0.05) is 0 Å². The first-order valence-corrected chi connectivity index (χ1v) is 13.3. The molecule has 3 fully saturated rings. The van der Waals surface area contributed by atoms with Gasteiger partial charge in [-0.05, 0) is 79.2 Å². The van der Waals surface area contributed by atoms with Crippen molar-refractivity contribution in [3.63, 3.8) is 0 Å². The van der Waals surface area contributed by atoms with Crippen molar-refractivity contribution in [3.05, 3.63) is 42.0 Å². The van der Waals surface area contributed by atoms with Crippen LogP contribution in [0.1, 0.15) is 102 Å². The first-order valence-electron chi connectivity index (χ1n) is 13.3. The minimum atomic E-state index is -0.844. The smallest absolute Gasteiger partial charge is 0.200 e. The summed E-state index contributed by atoms with van der Waals surface area (Å²) in [6.45, 7) is 6.09.